The first kappa shape index (κ1) is 10.1. The minimum absolute atomic E-state index is 0.312. The monoisotopic (exact) mass is 225 g/mol. The van der Waals surface area contributed by atoms with Gasteiger partial charge in [0.2, 0.25) is 0 Å². The molecular weight excluding hydrogens is 210 g/mol. The number of methoxy groups -OCH3 is 1. The summed E-state index contributed by atoms with van der Waals surface area (Å²) in [5.74, 6) is 1.60. The summed E-state index contributed by atoms with van der Waals surface area (Å²) in [5.41, 5.74) is 0. The maximum atomic E-state index is 11.0. The summed E-state index contributed by atoms with van der Waals surface area (Å²) >= 11 is 0. The molecule has 88 valence electrons. The normalized spacial score (nSPS) is 40.8. The SMILES string of the molecule is COC(=O)ON1COC2C3C=CC(C3)C2C1. The lowest BCUT2D eigenvalue weighted by Crippen LogP contribution is -2.47. The van der Waals surface area contributed by atoms with Crippen LogP contribution in [0.25, 0.3) is 0 Å². The average molecular weight is 225 g/mol. The summed E-state index contributed by atoms with van der Waals surface area (Å²) in [6, 6.07) is 0. The lowest BCUT2D eigenvalue weighted by molar-refractivity contribution is -0.236. The molecule has 1 saturated heterocycles. The summed E-state index contributed by atoms with van der Waals surface area (Å²) in [6.45, 7) is 1.08. The van der Waals surface area contributed by atoms with Gasteiger partial charge in [0.25, 0.3) is 0 Å². The number of carbonyl (C=O) groups excluding carboxylic acids is 1. The summed E-state index contributed by atoms with van der Waals surface area (Å²) < 4.78 is 10.2. The van der Waals surface area contributed by atoms with Gasteiger partial charge in [-0.05, 0) is 12.3 Å². The molecule has 4 unspecified atom stereocenters. The molecule has 0 aromatic carbocycles. The van der Waals surface area contributed by atoms with Crippen LogP contribution in [0.1, 0.15) is 6.42 Å². The van der Waals surface area contributed by atoms with Crippen LogP contribution >= 0.6 is 0 Å². The predicted octanol–water partition coefficient (Wildman–Crippen LogP) is 1.16. The number of allylic oxidation sites excluding steroid dienone is 1. The largest absolute Gasteiger partial charge is 0.527 e. The number of ether oxygens (including phenoxy) is 2. The third kappa shape index (κ3) is 1.51. The van der Waals surface area contributed by atoms with E-state index in [9.17, 15) is 4.79 Å². The highest BCUT2D eigenvalue weighted by Gasteiger charge is 2.48. The fraction of sp³-hybridized carbons (Fsp3) is 0.727. The Morgan fingerprint density at radius 1 is 1.44 bits per heavy atom. The number of hydrogen-bond acceptors (Lipinski definition) is 5. The summed E-state index contributed by atoms with van der Waals surface area (Å²) in [7, 11) is 1.30. The Morgan fingerprint density at radius 2 is 2.25 bits per heavy atom. The third-order valence-electron chi connectivity index (χ3n) is 3.74. The summed E-state index contributed by atoms with van der Waals surface area (Å²) in [5, 5.41) is 1.54. The van der Waals surface area contributed by atoms with Gasteiger partial charge in [0, 0.05) is 18.4 Å². The van der Waals surface area contributed by atoms with Crippen LogP contribution in [0.5, 0.6) is 0 Å². The lowest BCUT2D eigenvalue weighted by Gasteiger charge is -2.37. The first-order valence-corrected chi connectivity index (χ1v) is 5.58. The van der Waals surface area contributed by atoms with E-state index < -0.39 is 6.16 Å². The molecule has 1 aliphatic heterocycles. The Bertz CT molecular complexity index is 330. The van der Waals surface area contributed by atoms with E-state index >= 15 is 0 Å². The molecule has 5 heteroatoms. The number of hydroxylamine groups is 2. The van der Waals surface area contributed by atoms with Crippen molar-refractivity contribution < 1.29 is 19.1 Å². The van der Waals surface area contributed by atoms with Crippen molar-refractivity contribution in [2.75, 3.05) is 20.4 Å². The standard InChI is InChI=1S/C11H15NO4/c1-14-11(13)16-12-5-9-7-2-3-8(4-7)10(9)15-6-12/h2-3,7-10H,4-6H2,1H3. The molecule has 0 spiro atoms. The van der Waals surface area contributed by atoms with E-state index in [1.807, 2.05) is 0 Å². The van der Waals surface area contributed by atoms with Crippen LogP contribution in [0, 0.1) is 17.8 Å². The molecule has 0 amide bonds. The van der Waals surface area contributed by atoms with Crippen molar-refractivity contribution in [3.63, 3.8) is 0 Å². The lowest BCUT2D eigenvalue weighted by atomic mass is 9.90. The topological polar surface area (TPSA) is 48.0 Å². The van der Waals surface area contributed by atoms with Crippen molar-refractivity contribution in [1.82, 2.24) is 5.06 Å². The smallest absolute Gasteiger partial charge is 0.436 e. The molecule has 1 heterocycles. The fourth-order valence-corrected chi connectivity index (χ4v) is 3.03. The van der Waals surface area contributed by atoms with Gasteiger partial charge in [-0.15, -0.1) is 5.06 Å². The quantitative estimate of drug-likeness (QED) is 0.495. The second-order valence-corrected chi connectivity index (χ2v) is 4.58. The minimum Gasteiger partial charge on any atom is -0.436 e. The van der Waals surface area contributed by atoms with Crippen LogP contribution < -0.4 is 0 Å². The van der Waals surface area contributed by atoms with Crippen LogP contribution in [0.2, 0.25) is 0 Å². The van der Waals surface area contributed by atoms with Crippen molar-refractivity contribution in [1.29, 1.82) is 0 Å². The van der Waals surface area contributed by atoms with Crippen LogP contribution in [-0.2, 0) is 14.3 Å². The molecule has 0 aromatic rings. The minimum atomic E-state index is -0.680. The Hall–Kier alpha value is -1.07. The van der Waals surface area contributed by atoms with Gasteiger partial charge in [-0.3, -0.25) is 0 Å². The molecule has 0 N–H and O–H groups in total. The Labute approximate surface area is 93.9 Å². The summed E-state index contributed by atoms with van der Waals surface area (Å²) in [4.78, 5) is 16.0. The van der Waals surface area contributed by atoms with E-state index in [-0.39, 0.29) is 0 Å². The van der Waals surface area contributed by atoms with Gasteiger partial charge in [0.1, 0.15) is 6.73 Å². The highest BCUT2D eigenvalue weighted by Crippen LogP contribution is 2.47. The molecule has 2 bridgehead atoms. The molecule has 4 atom stereocenters. The second kappa shape index (κ2) is 3.75. The maximum absolute atomic E-state index is 11.0. The van der Waals surface area contributed by atoms with Gasteiger partial charge in [0.05, 0.1) is 13.2 Å². The van der Waals surface area contributed by atoms with Crippen LogP contribution in [-0.4, -0.2) is 37.7 Å². The van der Waals surface area contributed by atoms with Crippen LogP contribution in [0.4, 0.5) is 4.79 Å². The zero-order valence-electron chi connectivity index (χ0n) is 9.17. The molecule has 2 fully saturated rings. The number of nitrogens with zero attached hydrogens (tertiary/aromatic N) is 1. The van der Waals surface area contributed by atoms with Gasteiger partial charge < -0.3 is 14.3 Å². The molecule has 3 rings (SSSR count). The second-order valence-electron chi connectivity index (χ2n) is 4.58. The Kier molecular flexibility index (Phi) is 2.37. The van der Waals surface area contributed by atoms with Gasteiger partial charge >= 0.3 is 6.16 Å². The molecule has 5 nitrogen and oxygen atoms in total. The summed E-state index contributed by atoms with van der Waals surface area (Å²) in [6.07, 6.45) is 5.33. The maximum Gasteiger partial charge on any atom is 0.527 e. The van der Waals surface area contributed by atoms with Crippen molar-refractivity contribution in [2.45, 2.75) is 12.5 Å². The Morgan fingerprint density at radius 3 is 3.06 bits per heavy atom. The van der Waals surface area contributed by atoms with E-state index in [0.29, 0.717) is 30.6 Å². The van der Waals surface area contributed by atoms with Gasteiger partial charge in [0.15, 0.2) is 0 Å². The molecule has 0 aromatic heterocycles. The Balaban J connectivity index is 1.63. The van der Waals surface area contributed by atoms with Gasteiger partial charge in [-0.25, -0.2) is 4.79 Å². The van der Waals surface area contributed by atoms with Crippen molar-refractivity contribution in [3.05, 3.63) is 12.2 Å². The first-order valence-electron chi connectivity index (χ1n) is 5.58. The number of carbonyl (C=O) groups is 1. The number of rotatable bonds is 1. The molecule has 16 heavy (non-hydrogen) atoms. The first-order chi connectivity index (χ1) is 7.78. The third-order valence-corrected chi connectivity index (χ3v) is 3.74. The zero-order chi connectivity index (χ0) is 11.1. The molecular formula is C11H15NO4. The van der Waals surface area contributed by atoms with Crippen molar-refractivity contribution in [3.8, 4) is 0 Å². The van der Waals surface area contributed by atoms with E-state index in [0.717, 1.165) is 6.54 Å². The van der Waals surface area contributed by atoms with Crippen LogP contribution in [0.3, 0.4) is 0 Å². The zero-order valence-corrected chi connectivity index (χ0v) is 9.17. The van der Waals surface area contributed by atoms with E-state index in [2.05, 4.69) is 16.9 Å². The van der Waals surface area contributed by atoms with Gasteiger partial charge in [-0.2, -0.15) is 0 Å². The predicted molar refractivity (Wildman–Crippen MR) is 54.2 cm³/mol. The molecule has 3 aliphatic rings. The van der Waals surface area contributed by atoms with E-state index in [4.69, 9.17) is 9.57 Å². The van der Waals surface area contributed by atoms with Crippen molar-refractivity contribution >= 4 is 6.16 Å². The highest BCUT2D eigenvalue weighted by molar-refractivity contribution is 5.59. The molecule has 0 radical (unpaired) electrons. The molecule has 1 saturated carbocycles. The van der Waals surface area contributed by atoms with Gasteiger partial charge in [-0.1, -0.05) is 12.2 Å². The van der Waals surface area contributed by atoms with E-state index in [1.54, 1.807) is 5.06 Å². The van der Waals surface area contributed by atoms with Crippen molar-refractivity contribution in [2.24, 2.45) is 17.8 Å². The number of fused-ring (bicyclic) bond motifs is 5. The van der Waals surface area contributed by atoms with Crippen LogP contribution in [0.15, 0.2) is 12.2 Å². The van der Waals surface area contributed by atoms with E-state index in [1.165, 1.54) is 13.5 Å². The molecule has 2 aliphatic carbocycles. The highest BCUT2D eigenvalue weighted by atomic mass is 16.8. The average Bonchev–Trinajstić information content (AvgIpc) is 2.89. The number of hydrogen-bond donors (Lipinski definition) is 0. The fourth-order valence-electron chi connectivity index (χ4n) is 3.03.